The highest BCUT2D eigenvalue weighted by Crippen LogP contribution is 2.10. The number of rotatable bonds is 6. The molecule has 0 unspecified atom stereocenters. The zero-order valence-electron chi connectivity index (χ0n) is 12.5. The molecule has 0 aliphatic rings. The summed E-state index contributed by atoms with van der Waals surface area (Å²) in [6, 6.07) is 9.10. The zero-order chi connectivity index (χ0) is 15.9. The average Bonchev–Trinajstić information content (AvgIpc) is 2.49. The summed E-state index contributed by atoms with van der Waals surface area (Å²) < 4.78 is 13.5. The fourth-order valence-corrected chi connectivity index (χ4v) is 1.73. The van der Waals surface area contributed by atoms with Crippen LogP contribution in [0.3, 0.4) is 0 Å². The standard InChI is InChI=1S/C15H18FN5O/c1-21(2)10-9-17-13-7-8-14(20-19-13)18-15(22)11-5-3-4-6-12(11)16/h3-8H,9-10H2,1-2H3,(H,17,19)(H,18,20,22). The summed E-state index contributed by atoms with van der Waals surface area (Å²) in [5.41, 5.74) is -0.0301. The van der Waals surface area contributed by atoms with Gasteiger partial charge in [-0.05, 0) is 38.4 Å². The minimum atomic E-state index is -0.574. The normalized spacial score (nSPS) is 10.5. The molecule has 6 nitrogen and oxygen atoms in total. The zero-order valence-corrected chi connectivity index (χ0v) is 12.5. The number of hydrogen-bond donors (Lipinski definition) is 2. The molecule has 1 aromatic heterocycles. The van der Waals surface area contributed by atoms with Crippen molar-refractivity contribution in [2.24, 2.45) is 0 Å². The highest BCUT2D eigenvalue weighted by atomic mass is 19.1. The van der Waals surface area contributed by atoms with Gasteiger partial charge >= 0.3 is 0 Å². The van der Waals surface area contributed by atoms with E-state index in [4.69, 9.17) is 0 Å². The first-order valence-corrected chi connectivity index (χ1v) is 6.84. The maximum Gasteiger partial charge on any atom is 0.259 e. The second-order valence-corrected chi connectivity index (χ2v) is 4.97. The van der Waals surface area contributed by atoms with Gasteiger partial charge in [-0.25, -0.2) is 4.39 Å². The number of amides is 1. The van der Waals surface area contributed by atoms with Crippen LogP contribution in [0.2, 0.25) is 0 Å². The van der Waals surface area contributed by atoms with Crippen LogP contribution in [-0.2, 0) is 0 Å². The third kappa shape index (κ3) is 4.49. The van der Waals surface area contributed by atoms with E-state index in [1.165, 1.54) is 18.2 Å². The lowest BCUT2D eigenvalue weighted by atomic mass is 10.2. The summed E-state index contributed by atoms with van der Waals surface area (Å²) in [4.78, 5) is 14.0. The van der Waals surface area contributed by atoms with Gasteiger partial charge in [0.15, 0.2) is 5.82 Å². The highest BCUT2D eigenvalue weighted by Gasteiger charge is 2.11. The van der Waals surface area contributed by atoms with Crippen molar-refractivity contribution in [1.82, 2.24) is 15.1 Å². The van der Waals surface area contributed by atoms with Crippen LogP contribution in [-0.4, -0.2) is 48.2 Å². The number of nitrogens with zero attached hydrogens (tertiary/aromatic N) is 3. The quantitative estimate of drug-likeness (QED) is 0.852. The lowest BCUT2D eigenvalue weighted by Gasteiger charge is -2.10. The molecule has 2 rings (SSSR count). The smallest absolute Gasteiger partial charge is 0.259 e. The van der Waals surface area contributed by atoms with Gasteiger partial charge in [-0.3, -0.25) is 4.79 Å². The SMILES string of the molecule is CN(C)CCNc1ccc(NC(=O)c2ccccc2F)nn1. The summed E-state index contributed by atoms with van der Waals surface area (Å²) in [5, 5.41) is 13.5. The Morgan fingerprint density at radius 3 is 2.45 bits per heavy atom. The molecule has 0 aliphatic carbocycles. The van der Waals surface area contributed by atoms with Gasteiger partial charge in [-0.2, -0.15) is 0 Å². The maximum atomic E-state index is 13.5. The van der Waals surface area contributed by atoms with E-state index in [9.17, 15) is 9.18 Å². The molecular formula is C15H18FN5O. The number of nitrogens with one attached hydrogen (secondary N) is 2. The van der Waals surface area contributed by atoms with E-state index < -0.39 is 11.7 Å². The minimum absolute atomic E-state index is 0.0301. The van der Waals surface area contributed by atoms with Crippen molar-refractivity contribution >= 4 is 17.5 Å². The predicted molar refractivity (Wildman–Crippen MR) is 83.4 cm³/mol. The number of anilines is 2. The number of halogens is 1. The Morgan fingerprint density at radius 2 is 1.82 bits per heavy atom. The van der Waals surface area contributed by atoms with Crippen LogP contribution in [0.4, 0.5) is 16.0 Å². The molecule has 1 heterocycles. The van der Waals surface area contributed by atoms with E-state index in [1.54, 1.807) is 18.2 Å². The Balaban J connectivity index is 1.94. The topological polar surface area (TPSA) is 70.2 Å². The molecule has 0 aliphatic heterocycles. The third-order valence-electron chi connectivity index (χ3n) is 2.89. The van der Waals surface area contributed by atoms with Crippen LogP contribution in [0.1, 0.15) is 10.4 Å². The average molecular weight is 303 g/mol. The Hall–Kier alpha value is -2.54. The molecule has 0 atom stereocenters. The van der Waals surface area contributed by atoms with Crippen LogP contribution in [0.25, 0.3) is 0 Å². The van der Waals surface area contributed by atoms with E-state index in [1.807, 2.05) is 19.0 Å². The van der Waals surface area contributed by atoms with Gasteiger partial charge in [0.1, 0.15) is 11.6 Å². The van der Waals surface area contributed by atoms with Gasteiger partial charge in [0.05, 0.1) is 5.56 Å². The van der Waals surface area contributed by atoms with E-state index in [2.05, 4.69) is 20.8 Å². The molecule has 0 bridgehead atoms. The van der Waals surface area contributed by atoms with Crippen LogP contribution in [0.5, 0.6) is 0 Å². The van der Waals surface area contributed by atoms with Crippen molar-refractivity contribution in [3.8, 4) is 0 Å². The fourth-order valence-electron chi connectivity index (χ4n) is 1.73. The summed E-state index contributed by atoms with van der Waals surface area (Å²) >= 11 is 0. The summed E-state index contributed by atoms with van der Waals surface area (Å²) in [6.07, 6.45) is 0. The molecule has 0 saturated heterocycles. The van der Waals surface area contributed by atoms with Gasteiger partial charge in [-0.1, -0.05) is 12.1 Å². The lowest BCUT2D eigenvalue weighted by molar-refractivity contribution is 0.102. The van der Waals surface area contributed by atoms with Gasteiger partial charge in [0.2, 0.25) is 0 Å². The first-order chi connectivity index (χ1) is 10.6. The Bertz CT molecular complexity index is 630. The lowest BCUT2D eigenvalue weighted by Crippen LogP contribution is -2.21. The van der Waals surface area contributed by atoms with Crippen LogP contribution < -0.4 is 10.6 Å². The van der Waals surface area contributed by atoms with Crippen LogP contribution in [0.15, 0.2) is 36.4 Å². The van der Waals surface area contributed by atoms with E-state index >= 15 is 0 Å². The number of carbonyl (C=O) groups is 1. The van der Waals surface area contributed by atoms with Gasteiger partial charge in [-0.15, -0.1) is 10.2 Å². The molecule has 0 saturated carbocycles. The number of benzene rings is 1. The fraction of sp³-hybridized carbons (Fsp3) is 0.267. The van der Waals surface area contributed by atoms with Crippen molar-refractivity contribution in [3.63, 3.8) is 0 Å². The van der Waals surface area contributed by atoms with Crippen LogP contribution >= 0.6 is 0 Å². The molecule has 2 N–H and O–H groups in total. The summed E-state index contributed by atoms with van der Waals surface area (Å²) in [5.74, 6) is -0.243. The molecule has 0 spiro atoms. The first kappa shape index (κ1) is 15.8. The largest absolute Gasteiger partial charge is 0.367 e. The third-order valence-corrected chi connectivity index (χ3v) is 2.89. The van der Waals surface area contributed by atoms with Gasteiger partial charge < -0.3 is 15.5 Å². The molecule has 116 valence electrons. The monoisotopic (exact) mass is 303 g/mol. The molecule has 22 heavy (non-hydrogen) atoms. The second kappa shape index (κ2) is 7.46. The van der Waals surface area contributed by atoms with Crippen molar-refractivity contribution in [2.45, 2.75) is 0 Å². The molecule has 0 radical (unpaired) electrons. The molecular weight excluding hydrogens is 285 g/mol. The highest BCUT2D eigenvalue weighted by molar-refractivity contribution is 6.03. The first-order valence-electron chi connectivity index (χ1n) is 6.84. The maximum absolute atomic E-state index is 13.5. The second-order valence-electron chi connectivity index (χ2n) is 4.97. The Morgan fingerprint density at radius 1 is 1.14 bits per heavy atom. The molecule has 7 heteroatoms. The van der Waals surface area contributed by atoms with E-state index in [-0.39, 0.29) is 11.4 Å². The van der Waals surface area contributed by atoms with Gasteiger partial charge in [0, 0.05) is 13.1 Å². The molecule has 0 fully saturated rings. The predicted octanol–water partition coefficient (Wildman–Crippen LogP) is 1.84. The number of carbonyl (C=O) groups excluding carboxylic acids is 1. The molecule has 2 aromatic rings. The van der Waals surface area contributed by atoms with Crippen molar-refractivity contribution in [3.05, 3.63) is 47.8 Å². The van der Waals surface area contributed by atoms with Gasteiger partial charge in [0.25, 0.3) is 5.91 Å². The Kier molecular flexibility index (Phi) is 5.37. The molecule has 1 amide bonds. The minimum Gasteiger partial charge on any atom is -0.367 e. The molecule has 1 aromatic carbocycles. The van der Waals surface area contributed by atoms with Crippen molar-refractivity contribution in [1.29, 1.82) is 0 Å². The number of aromatic nitrogens is 2. The number of hydrogen-bond acceptors (Lipinski definition) is 5. The Labute approximate surface area is 128 Å². The van der Waals surface area contributed by atoms with E-state index in [0.29, 0.717) is 5.82 Å². The summed E-state index contributed by atoms with van der Waals surface area (Å²) in [6.45, 7) is 1.61. The number of likely N-dealkylation sites (N-methyl/N-ethyl adjacent to an activating group) is 1. The van der Waals surface area contributed by atoms with E-state index in [0.717, 1.165) is 13.1 Å². The summed E-state index contributed by atoms with van der Waals surface area (Å²) in [7, 11) is 3.96. The van der Waals surface area contributed by atoms with Crippen molar-refractivity contribution in [2.75, 3.05) is 37.8 Å². The van der Waals surface area contributed by atoms with Crippen molar-refractivity contribution < 1.29 is 9.18 Å². The van der Waals surface area contributed by atoms with Crippen LogP contribution in [0, 0.1) is 5.82 Å².